The van der Waals surface area contributed by atoms with E-state index in [-0.39, 0.29) is 5.56 Å². The van der Waals surface area contributed by atoms with E-state index in [9.17, 15) is 4.79 Å². The zero-order chi connectivity index (χ0) is 16.0. The van der Waals surface area contributed by atoms with Gasteiger partial charge in [-0.1, -0.05) is 6.07 Å². The lowest BCUT2D eigenvalue weighted by molar-refractivity contribution is 0.760. The predicted octanol–water partition coefficient (Wildman–Crippen LogP) is 3.18. The lowest BCUT2D eigenvalue weighted by Gasteiger charge is -2.13. The van der Waals surface area contributed by atoms with E-state index in [4.69, 9.17) is 0 Å². The molecule has 0 N–H and O–H groups in total. The largest absolute Gasteiger partial charge is 0.377 e. The molecule has 0 amide bonds. The number of fused-ring (bicyclic) bond motifs is 3. The Kier molecular flexibility index (Phi) is 3.39. The summed E-state index contributed by atoms with van der Waals surface area (Å²) in [6.45, 7) is 0.557. The van der Waals surface area contributed by atoms with Gasteiger partial charge in [-0.3, -0.25) is 9.36 Å². The molecule has 0 aliphatic carbocycles. The van der Waals surface area contributed by atoms with Crippen LogP contribution in [0.15, 0.2) is 40.9 Å². The first-order chi connectivity index (χ1) is 11.1. The van der Waals surface area contributed by atoms with Gasteiger partial charge in [-0.2, -0.15) is 0 Å². The lowest BCUT2D eigenvalue weighted by atomic mass is 10.2. The predicted molar refractivity (Wildman–Crippen MR) is 96.9 cm³/mol. The second-order valence-corrected chi connectivity index (χ2v) is 7.47. The summed E-state index contributed by atoms with van der Waals surface area (Å²) < 4.78 is 2.33. The molecule has 0 aliphatic rings. The second-order valence-electron chi connectivity index (χ2n) is 5.44. The van der Waals surface area contributed by atoms with Gasteiger partial charge in [0.25, 0.3) is 5.56 Å². The number of anilines is 1. The number of hydrogen-bond acceptors (Lipinski definition) is 6. The maximum absolute atomic E-state index is 12.8. The van der Waals surface area contributed by atoms with Gasteiger partial charge >= 0.3 is 0 Å². The molecule has 0 bridgehead atoms. The maximum Gasteiger partial charge on any atom is 0.271 e. The van der Waals surface area contributed by atoms with Crippen molar-refractivity contribution in [2.75, 3.05) is 19.0 Å². The summed E-state index contributed by atoms with van der Waals surface area (Å²) in [5.74, 6) is 0. The molecule has 0 atom stereocenters. The average molecular weight is 342 g/mol. The highest BCUT2D eigenvalue weighted by molar-refractivity contribution is 7.25. The van der Waals surface area contributed by atoms with E-state index < -0.39 is 0 Å². The number of nitrogens with zero attached hydrogens (tertiary/aromatic N) is 4. The zero-order valence-electron chi connectivity index (χ0n) is 12.7. The second kappa shape index (κ2) is 5.43. The van der Waals surface area contributed by atoms with Gasteiger partial charge in [0.05, 0.1) is 29.5 Å². The minimum Gasteiger partial charge on any atom is -0.377 e. The quantitative estimate of drug-likeness (QED) is 0.574. The van der Waals surface area contributed by atoms with Crippen LogP contribution in [-0.4, -0.2) is 28.6 Å². The highest BCUT2D eigenvalue weighted by atomic mass is 32.1. The standard InChI is InChI=1S/C16H14N4OS2/c1-19(2)11-5-6-17-15-12(11)13-14(23-15)16(21)20(9-18-13)8-10-4-3-7-22-10/h3-7,9H,8H2,1-2H3. The third-order valence-electron chi connectivity index (χ3n) is 3.71. The molecule has 116 valence electrons. The van der Waals surface area contributed by atoms with Crippen LogP contribution in [0.25, 0.3) is 20.4 Å². The van der Waals surface area contributed by atoms with Gasteiger partial charge < -0.3 is 4.90 Å². The molecule has 4 aromatic rings. The summed E-state index contributed by atoms with van der Waals surface area (Å²) in [5, 5.41) is 2.97. The Morgan fingerprint density at radius 1 is 1.26 bits per heavy atom. The van der Waals surface area contributed by atoms with Crippen LogP contribution in [0.1, 0.15) is 4.88 Å². The Bertz CT molecular complexity index is 1050. The smallest absolute Gasteiger partial charge is 0.271 e. The first kappa shape index (κ1) is 14.3. The number of rotatable bonds is 3. The van der Waals surface area contributed by atoms with Crippen molar-refractivity contribution in [1.82, 2.24) is 14.5 Å². The zero-order valence-corrected chi connectivity index (χ0v) is 14.3. The Balaban J connectivity index is 1.96. The van der Waals surface area contributed by atoms with E-state index in [2.05, 4.69) is 9.97 Å². The van der Waals surface area contributed by atoms with Crippen molar-refractivity contribution in [3.8, 4) is 0 Å². The van der Waals surface area contributed by atoms with Gasteiger partial charge in [0.15, 0.2) is 0 Å². The molecule has 0 unspecified atom stereocenters. The molecule has 5 nitrogen and oxygen atoms in total. The molecule has 0 aromatic carbocycles. The minimum absolute atomic E-state index is 0.00361. The fraction of sp³-hybridized carbons (Fsp3) is 0.188. The van der Waals surface area contributed by atoms with Gasteiger partial charge in [-0.25, -0.2) is 9.97 Å². The molecule has 0 spiro atoms. The summed E-state index contributed by atoms with van der Waals surface area (Å²) in [4.78, 5) is 25.8. The molecule has 0 aliphatic heterocycles. The summed E-state index contributed by atoms with van der Waals surface area (Å²) >= 11 is 3.06. The van der Waals surface area contributed by atoms with Gasteiger partial charge in [0.2, 0.25) is 0 Å². The Hall–Kier alpha value is -2.25. The number of thiophene rings is 2. The van der Waals surface area contributed by atoms with Crippen molar-refractivity contribution in [1.29, 1.82) is 0 Å². The molecule has 0 fully saturated rings. The number of pyridine rings is 1. The third-order valence-corrected chi connectivity index (χ3v) is 5.65. The summed E-state index contributed by atoms with van der Waals surface area (Å²) in [6.07, 6.45) is 3.42. The van der Waals surface area contributed by atoms with Crippen LogP contribution >= 0.6 is 22.7 Å². The van der Waals surface area contributed by atoms with E-state index in [1.807, 2.05) is 42.6 Å². The first-order valence-corrected chi connectivity index (χ1v) is 8.81. The van der Waals surface area contributed by atoms with Crippen molar-refractivity contribution in [3.05, 3.63) is 51.3 Å². The molecule has 0 saturated heterocycles. The Labute approximate surface area is 140 Å². The molecule has 4 aromatic heterocycles. The van der Waals surface area contributed by atoms with Gasteiger partial charge in [0.1, 0.15) is 9.53 Å². The fourth-order valence-electron chi connectivity index (χ4n) is 2.63. The average Bonchev–Trinajstić information content (AvgIpc) is 3.17. The molecular formula is C16H14N4OS2. The minimum atomic E-state index is -0.00361. The van der Waals surface area contributed by atoms with Crippen molar-refractivity contribution >= 4 is 48.8 Å². The first-order valence-electron chi connectivity index (χ1n) is 7.11. The Morgan fingerprint density at radius 2 is 2.13 bits per heavy atom. The van der Waals surface area contributed by atoms with Crippen LogP contribution in [0.2, 0.25) is 0 Å². The van der Waals surface area contributed by atoms with Crippen molar-refractivity contribution in [2.45, 2.75) is 6.54 Å². The van der Waals surface area contributed by atoms with Crippen molar-refractivity contribution in [2.24, 2.45) is 0 Å². The van der Waals surface area contributed by atoms with Crippen LogP contribution in [-0.2, 0) is 6.54 Å². The SMILES string of the molecule is CN(C)c1ccnc2sc3c(=O)n(Cc4cccs4)cnc3c12. The van der Waals surface area contributed by atoms with Crippen molar-refractivity contribution in [3.63, 3.8) is 0 Å². The van der Waals surface area contributed by atoms with E-state index in [1.165, 1.54) is 11.3 Å². The molecule has 0 saturated carbocycles. The van der Waals surface area contributed by atoms with Crippen LogP contribution in [0.3, 0.4) is 0 Å². The maximum atomic E-state index is 12.8. The van der Waals surface area contributed by atoms with Crippen LogP contribution in [0.4, 0.5) is 5.69 Å². The molecule has 7 heteroatoms. The van der Waals surface area contributed by atoms with Crippen molar-refractivity contribution < 1.29 is 0 Å². The number of aromatic nitrogens is 3. The number of hydrogen-bond donors (Lipinski definition) is 0. The van der Waals surface area contributed by atoms with E-state index >= 15 is 0 Å². The molecule has 4 rings (SSSR count). The summed E-state index contributed by atoms with van der Waals surface area (Å²) in [7, 11) is 3.96. The normalized spacial score (nSPS) is 11.4. The van der Waals surface area contributed by atoms with E-state index in [0.29, 0.717) is 11.2 Å². The topological polar surface area (TPSA) is 51.0 Å². The van der Waals surface area contributed by atoms with Gasteiger partial charge in [-0.05, 0) is 17.5 Å². The highest BCUT2D eigenvalue weighted by Gasteiger charge is 2.16. The fourth-order valence-corrected chi connectivity index (χ4v) is 4.39. The molecular weight excluding hydrogens is 328 g/mol. The Morgan fingerprint density at radius 3 is 2.87 bits per heavy atom. The third kappa shape index (κ3) is 2.32. The monoisotopic (exact) mass is 342 g/mol. The summed E-state index contributed by atoms with van der Waals surface area (Å²) in [6, 6.07) is 5.97. The van der Waals surface area contributed by atoms with Crippen LogP contribution < -0.4 is 10.5 Å². The lowest BCUT2D eigenvalue weighted by Crippen LogP contribution is -2.19. The molecule has 23 heavy (non-hydrogen) atoms. The molecule has 0 radical (unpaired) electrons. The van der Waals surface area contributed by atoms with Crippen LogP contribution in [0, 0.1) is 0 Å². The highest BCUT2D eigenvalue weighted by Crippen LogP contribution is 2.35. The van der Waals surface area contributed by atoms with Crippen LogP contribution in [0.5, 0.6) is 0 Å². The van der Waals surface area contributed by atoms with Gasteiger partial charge in [0, 0.05) is 25.2 Å². The van der Waals surface area contributed by atoms with Gasteiger partial charge in [-0.15, -0.1) is 22.7 Å². The summed E-state index contributed by atoms with van der Waals surface area (Å²) in [5.41, 5.74) is 1.77. The molecule has 4 heterocycles. The van der Waals surface area contributed by atoms with E-state index in [1.54, 1.807) is 28.4 Å². The van der Waals surface area contributed by atoms with E-state index in [0.717, 1.165) is 26.3 Å².